The molecule has 146 valence electrons. The molecule has 0 saturated heterocycles. The van der Waals surface area contributed by atoms with Crippen molar-refractivity contribution in [3.8, 4) is 11.5 Å². The van der Waals surface area contributed by atoms with Crippen molar-refractivity contribution in [3.05, 3.63) is 96.1 Å². The van der Waals surface area contributed by atoms with Gasteiger partial charge >= 0.3 is 0 Å². The Labute approximate surface area is 173 Å². The summed E-state index contributed by atoms with van der Waals surface area (Å²) in [5, 5.41) is 7.89. The fourth-order valence-corrected chi connectivity index (χ4v) is 3.67. The minimum atomic E-state index is -0.278. The number of hydrogen-bond acceptors (Lipinski definition) is 3. The van der Waals surface area contributed by atoms with Crippen LogP contribution >= 0.6 is 0 Å². The molecule has 2 N–H and O–H groups in total. The van der Waals surface area contributed by atoms with Crippen LogP contribution < -0.4 is 15.4 Å². The summed E-state index contributed by atoms with van der Waals surface area (Å²) in [6, 6.07) is 26.2. The van der Waals surface area contributed by atoms with E-state index in [0.29, 0.717) is 28.4 Å². The molecule has 0 saturated carbocycles. The quantitative estimate of drug-likeness (QED) is 0.490. The van der Waals surface area contributed by atoms with Gasteiger partial charge in [-0.05, 0) is 46.7 Å². The van der Waals surface area contributed by atoms with E-state index in [2.05, 4.69) is 10.6 Å². The summed E-state index contributed by atoms with van der Waals surface area (Å²) < 4.78 is 5.88. The van der Waals surface area contributed by atoms with E-state index in [1.54, 1.807) is 30.3 Å². The fraction of sp³-hybridized carbons (Fsp3) is 0.0400. The van der Waals surface area contributed by atoms with Gasteiger partial charge in [-0.3, -0.25) is 9.59 Å². The van der Waals surface area contributed by atoms with Crippen molar-refractivity contribution in [2.75, 3.05) is 10.6 Å². The summed E-state index contributed by atoms with van der Waals surface area (Å²) in [5.74, 6) is 0.603. The van der Waals surface area contributed by atoms with Crippen LogP contribution in [0.1, 0.15) is 15.9 Å². The van der Waals surface area contributed by atoms with Crippen LogP contribution in [0.2, 0.25) is 0 Å². The highest BCUT2D eigenvalue weighted by molar-refractivity contribution is 6.09. The topological polar surface area (TPSA) is 67.4 Å². The van der Waals surface area contributed by atoms with Crippen LogP contribution in [0, 0.1) is 0 Å². The molecule has 5 nitrogen and oxygen atoms in total. The summed E-state index contributed by atoms with van der Waals surface area (Å²) >= 11 is 0. The minimum absolute atomic E-state index is 0.149. The van der Waals surface area contributed by atoms with Crippen molar-refractivity contribution in [2.45, 2.75) is 6.42 Å². The van der Waals surface area contributed by atoms with Gasteiger partial charge in [-0.25, -0.2) is 0 Å². The molecular formula is C25H18N2O3. The van der Waals surface area contributed by atoms with Crippen LogP contribution in [0.5, 0.6) is 11.5 Å². The van der Waals surface area contributed by atoms with Crippen LogP contribution in [0.3, 0.4) is 0 Å². The summed E-state index contributed by atoms with van der Waals surface area (Å²) in [6.07, 6.45) is 0.243. The van der Waals surface area contributed by atoms with Gasteiger partial charge in [0.05, 0.1) is 17.7 Å². The Morgan fingerprint density at radius 1 is 0.867 bits per heavy atom. The fourth-order valence-electron chi connectivity index (χ4n) is 3.67. The van der Waals surface area contributed by atoms with Crippen LogP contribution in [0.25, 0.3) is 10.8 Å². The highest BCUT2D eigenvalue weighted by atomic mass is 16.5. The SMILES string of the molecule is O=C(Cc1cccc2ccccc12)Nc1ccc2c(c1)C(=O)Nc1ccccc1O2. The summed E-state index contributed by atoms with van der Waals surface area (Å²) in [7, 11) is 0. The second kappa shape index (κ2) is 7.37. The maximum absolute atomic E-state index is 12.7. The highest BCUT2D eigenvalue weighted by Crippen LogP contribution is 2.36. The van der Waals surface area contributed by atoms with Gasteiger partial charge in [0.1, 0.15) is 5.75 Å². The first kappa shape index (κ1) is 17.9. The Hall–Kier alpha value is -4.12. The predicted octanol–water partition coefficient (Wildman–Crippen LogP) is 5.38. The number of hydrogen-bond donors (Lipinski definition) is 2. The molecular weight excluding hydrogens is 376 g/mol. The molecule has 4 aromatic rings. The van der Waals surface area contributed by atoms with Crippen molar-refractivity contribution in [3.63, 3.8) is 0 Å². The molecule has 30 heavy (non-hydrogen) atoms. The Bertz CT molecular complexity index is 1290. The highest BCUT2D eigenvalue weighted by Gasteiger charge is 2.21. The summed E-state index contributed by atoms with van der Waals surface area (Å²) in [4.78, 5) is 25.3. The zero-order chi connectivity index (χ0) is 20.5. The number of ether oxygens (including phenoxy) is 1. The molecule has 1 aliphatic rings. The first-order valence-electron chi connectivity index (χ1n) is 9.66. The van der Waals surface area contributed by atoms with Gasteiger partial charge in [0, 0.05) is 5.69 Å². The van der Waals surface area contributed by atoms with E-state index in [1.165, 1.54) is 0 Å². The van der Waals surface area contributed by atoms with E-state index in [1.807, 2.05) is 54.6 Å². The van der Waals surface area contributed by atoms with Gasteiger partial charge < -0.3 is 15.4 Å². The van der Waals surface area contributed by atoms with Gasteiger partial charge in [-0.15, -0.1) is 0 Å². The van der Waals surface area contributed by atoms with E-state index < -0.39 is 0 Å². The Morgan fingerprint density at radius 3 is 2.60 bits per heavy atom. The predicted molar refractivity (Wildman–Crippen MR) is 117 cm³/mol. The molecule has 4 aromatic carbocycles. The second-order valence-electron chi connectivity index (χ2n) is 7.13. The number of benzene rings is 4. The van der Waals surface area contributed by atoms with Crippen molar-refractivity contribution < 1.29 is 14.3 Å². The molecule has 2 amide bonds. The number of carbonyl (C=O) groups is 2. The third-order valence-corrected chi connectivity index (χ3v) is 5.09. The standard InChI is InChI=1S/C25H18N2O3/c28-24(14-17-8-5-7-16-6-1-2-9-19(16)17)26-18-12-13-22-20(15-18)25(29)27-21-10-3-4-11-23(21)30-22/h1-13,15H,14H2,(H,26,28)(H,27,29). The number of amides is 2. The number of rotatable bonds is 3. The third-order valence-electron chi connectivity index (χ3n) is 5.09. The number of carbonyl (C=O) groups excluding carboxylic acids is 2. The lowest BCUT2D eigenvalue weighted by atomic mass is 10.0. The van der Waals surface area contributed by atoms with Gasteiger partial charge in [-0.1, -0.05) is 54.6 Å². The monoisotopic (exact) mass is 394 g/mol. The molecule has 5 rings (SSSR count). The molecule has 0 spiro atoms. The van der Waals surface area contributed by atoms with Crippen LogP contribution in [-0.2, 0) is 11.2 Å². The smallest absolute Gasteiger partial charge is 0.259 e. The maximum Gasteiger partial charge on any atom is 0.259 e. The Balaban J connectivity index is 1.38. The van der Waals surface area contributed by atoms with E-state index >= 15 is 0 Å². The molecule has 1 aliphatic heterocycles. The van der Waals surface area contributed by atoms with Crippen molar-refractivity contribution >= 4 is 34.0 Å². The largest absolute Gasteiger partial charge is 0.454 e. The lowest BCUT2D eigenvalue weighted by Gasteiger charge is -2.11. The van der Waals surface area contributed by atoms with E-state index in [4.69, 9.17) is 4.74 Å². The first-order chi connectivity index (χ1) is 14.7. The number of fused-ring (bicyclic) bond motifs is 3. The maximum atomic E-state index is 12.7. The molecule has 0 aliphatic carbocycles. The molecule has 1 heterocycles. The molecule has 0 aromatic heterocycles. The molecule has 0 radical (unpaired) electrons. The van der Waals surface area contributed by atoms with Gasteiger partial charge in [-0.2, -0.15) is 0 Å². The number of para-hydroxylation sites is 2. The normalized spacial score (nSPS) is 12.2. The summed E-state index contributed by atoms with van der Waals surface area (Å²) in [6.45, 7) is 0. The average molecular weight is 394 g/mol. The van der Waals surface area contributed by atoms with E-state index in [0.717, 1.165) is 16.3 Å². The van der Waals surface area contributed by atoms with Crippen LogP contribution in [-0.4, -0.2) is 11.8 Å². The van der Waals surface area contributed by atoms with Crippen LogP contribution in [0.4, 0.5) is 11.4 Å². The molecule has 5 heteroatoms. The first-order valence-corrected chi connectivity index (χ1v) is 9.66. The van der Waals surface area contributed by atoms with Crippen molar-refractivity contribution in [2.24, 2.45) is 0 Å². The van der Waals surface area contributed by atoms with Crippen molar-refractivity contribution in [1.29, 1.82) is 0 Å². The Morgan fingerprint density at radius 2 is 1.67 bits per heavy atom. The minimum Gasteiger partial charge on any atom is -0.454 e. The lowest BCUT2D eigenvalue weighted by Crippen LogP contribution is -2.16. The summed E-state index contributed by atoms with van der Waals surface area (Å²) in [5.41, 5.74) is 2.48. The number of nitrogens with one attached hydrogen (secondary N) is 2. The van der Waals surface area contributed by atoms with E-state index in [-0.39, 0.29) is 18.2 Å². The zero-order valence-electron chi connectivity index (χ0n) is 16.0. The van der Waals surface area contributed by atoms with Crippen LogP contribution in [0.15, 0.2) is 84.9 Å². The van der Waals surface area contributed by atoms with Crippen molar-refractivity contribution in [1.82, 2.24) is 0 Å². The molecule has 0 atom stereocenters. The number of anilines is 2. The molecule has 0 unspecified atom stereocenters. The average Bonchev–Trinajstić information content (AvgIpc) is 2.90. The van der Waals surface area contributed by atoms with E-state index in [9.17, 15) is 9.59 Å². The molecule has 0 fully saturated rings. The Kier molecular flexibility index (Phi) is 4.41. The van der Waals surface area contributed by atoms with Gasteiger partial charge in [0.2, 0.25) is 5.91 Å². The second-order valence-corrected chi connectivity index (χ2v) is 7.13. The zero-order valence-corrected chi connectivity index (χ0v) is 16.0. The van der Waals surface area contributed by atoms with Gasteiger partial charge in [0.15, 0.2) is 5.75 Å². The van der Waals surface area contributed by atoms with Gasteiger partial charge in [0.25, 0.3) is 5.91 Å². The third kappa shape index (κ3) is 3.37. The lowest BCUT2D eigenvalue weighted by molar-refractivity contribution is -0.115. The molecule has 0 bridgehead atoms.